The number of unbranched alkanes of at least 4 members (excludes halogenated alkanes) is 1. The van der Waals surface area contributed by atoms with Gasteiger partial charge in [-0.25, -0.2) is 9.97 Å². The fourth-order valence-corrected chi connectivity index (χ4v) is 1.75. The molecule has 0 radical (unpaired) electrons. The molecule has 0 bridgehead atoms. The summed E-state index contributed by atoms with van der Waals surface area (Å²) in [6.07, 6.45) is 3.92. The zero-order chi connectivity index (χ0) is 13.4. The first-order valence-corrected chi connectivity index (χ1v) is 6.56. The Labute approximate surface area is 110 Å². The molecule has 0 spiro atoms. The summed E-state index contributed by atoms with van der Waals surface area (Å²) in [7, 11) is 1.95. The molecule has 5 nitrogen and oxygen atoms in total. The predicted molar refractivity (Wildman–Crippen MR) is 77.1 cm³/mol. The number of aromatic nitrogens is 2. The Morgan fingerprint density at radius 3 is 2.61 bits per heavy atom. The molecule has 18 heavy (non-hydrogen) atoms. The first-order valence-electron chi connectivity index (χ1n) is 6.56. The number of nitrogens with one attached hydrogen (secondary N) is 3. The third-order valence-corrected chi connectivity index (χ3v) is 2.59. The minimum absolute atomic E-state index is 0.0379. The molecule has 1 aromatic rings. The predicted octanol–water partition coefficient (Wildman–Crippen LogP) is 2.10. The Hall–Kier alpha value is -1.36. The van der Waals surface area contributed by atoms with Gasteiger partial charge in [-0.3, -0.25) is 0 Å². The highest BCUT2D eigenvalue weighted by Gasteiger charge is 2.16. The van der Waals surface area contributed by atoms with Crippen molar-refractivity contribution < 1.29 is 0 Å². The molecule has 0 aliphatic heterocycles. The second kappa shape index (κ2) is 7.16. The van der Waals surface area contributed by atoms with E-state index in [9.17, 15) is 0 Å². The second-order valence-electron chi connectivity index (χ2n) is 5.11. The first kappa shape index (κ1) is 14.7. The Morgan fingerprint density at radius 1 is 1.22 bits per heavy atom. The van der Waals surface area contributed by atoms with Crippen molar-refractivity contribution in [3.8, 4) is 0 Å². The molecule has 0 aliphatic rings. The Bertz CT molecular complexity index is 351. The van der Waals surface area contributed by atoms with E-state index in [1.54, 1.807) is 6.33 Å². The topological polar surface area (TPSA) is 61.9 Å². The smallest absolute Gasteiger partial charge is 0.131 e. The normalized spacial score (nSPS) is 11.3. The molecule has 0 amide bonds. The van der Waals surface area contributed by atoms with E-state index in [4.69, 9.17) is 0 Å². The van der Waals surface area contributed by atoms with Crippen LogP contribution >= 0.6 is 0 Å². The molecular formula is C13H25N5. The van der Waals surface area contributed by atoms with Crippen molar-refractivity contribution in [1.82, 2.24) is 15.3 Å². The lowest BCUT2D eigenvalue weighted by atomic mass is 10.1. The van der Waals surface area contributed by atoms with Gasteiger partial charge < -0.3 is 16.0 Å². The van der Waals surface area contributed by atoms with Crippen LogP contribution in [0.5, 0.6) is 0 Å². The summed E-state index contributed by atoms with van der Waals surface area (Å²) in [5.41, 5.74) is -0.0379. The van der Waals surface area contributed by atoms with Gasteiger partial charge in [0, 0.05) is 24.7 Å². The van der Waals surface area contributed by atoms with Gasteiger partial charge in [0.25, 0.3) is 0 Å². The van der Waals surface area contributed by atoms with Gasteiger partial charge in [-0.1, -0.05) is 13.3 Å². The van der Waals surface area contributed by atoms with Crippen molar-refractivity contribution in [3.05, 3.63) is 12.4 Å². The number of hydrogen-bond donors (Lipinski definition) is 3. The van der Waals surface area contributed by atoms with Gasteiger partial charge in [-0.05, 0) is 27.3 Å². The summed E-state index contributed by atoms with van der Waals surface area (Å²) in [4.78, 5) is 8.45. The van der Waals surface area contributed by atoms with Crippen molar-refractivity contribution in [2.45, 2.75) is 39.2 Å². The van der Waals surface area contributed by atoms with Crippen LogP contribution in [0.4, 0.5) is 11.6 Å². The standard InChI is InChI=1S/C13H25N5/c1-5-6-7-15-11-8-12(17-10-16-11)18-13(2,3)9-14-4/h8,10,14H,5-7,9H2,1-4H3,(H2,15,16,17,18). The molecule has 1 aromatic heterocycles. The first-order chi connectivity index (χ1) is 8.57. The molecule has 0 fully saturated rings. The van der Waals surface area contributed by atoms with Gasteiger partial charge in [0.1, 0.15) is 18.0 Å². The number of anilines is 2. The molecule has 1 heterocycles. The molecule has 0 saturated carbocycles. The van der Waals surface area contributed by atoms with Crippen LogP contribution in [0, 0.1) is 0 Å². The highest BCUT2D eigenvalue weighted by atomic mass is 15.1. The zero-order valence-corrected chi connectivity index (χ0v) is 11.9. The van der Waals surface area contributed by atoms with E-state index in [0.29, 0.717) is 0 Å². The largest absolute Gasteiger partial charge is 0.370 e. The van der Waals surface area contributed by atoms with Crippen LogP contribution in [0.1, 0.15) is 33.6 Å². The molecule has 0 aliphatic carbocycles. The lowest BCUT2D eigenvalue weighted by Gasteiger charge is -2.26. The molecule has 3 N–H and O–H groups in total. The molecular weight excluding hydrogens is 226 g/mol. The minimum atomic E-state index is -0.0379. The third kappa shape index (κ3) is 5.31. The van der Waals surface area contributed by atoms with Gasteiger partial charge >= 0.3 is 0 Å². The Morgan fingerprint density at radius 2 is 1.94 bits per heavy atom. The molecule has 0 unspecified atom stereocenters. The zero-order valence-electron chi connectivity index (χ0n) is 11.9. The summed E-state index contributed by atoms with van der Waals surface area (Å²) in [6, 6.07) is 1.95. The number of hydrogen-bond acceptors (Lipinski definition) is 5. The van der Waals surface area contributed by atoms with Crippen LogP contribution in [0.15, 0.2) is 12.4 Å². The fourth-order valence-electron chi connectivity index (χ4n) is 1.75. The van der Waals surface area contributed by atoms with E-state index in [1.165, 1.54) is 6.42 Å². The van der Waals surface area contributed by atoms with Crippen molar-refractivity contribution in [3.63, 3.8) is 0 Å². The van der Waals surface area contributed by atoms with Crippen LogP contribution in [0.2, 0.25) is 0 Å². The Kier molecular flexibility index (Phi) is 5.85. The average Bonchev–Trinajstić information content (AvgIpc) is 2.29. The summed E-state index contributed by atoms with van der Waals surface area (Å²) < 4.78 is 0. The molecule has 0 aromatic carbocycles. The van der Waals surface area contributed by atoms with E-state index in [-0.39, 0.29) is 5.54 Å². The Balaban J connectivity index is 2.58. The van der Waals surface area contributed by atoms with Gasteiger partial charge in [0.15, 0.2) is 0 Å². The number of nitrogens with zero attached hydrogens (tertiary/aromatic N) is 2. The highest BCUT2D eigenvalue weighted by Crippen LogP contribution is 2.14. The van der Waals surface area contributed by atoms with Gasteiger partial charge in [-0.2, -0.15) is 0 Å². The molecule has 1 rings (SSSR count). The van der Waals surface area contributed by atoms with Gasteiger partial charge in [0.05, 0.1) is 0 Å². The minimum Gasteiger partial charge on any atom is -0.370 e. The maximum absolute atomic E-state index is 4.25. The SMILES string of the molecule is CCCCNc1cc(NC(C)(C)CNC)ncn1. The van der Waals surface area contributed by atoms with E-state index in [1.807, 2.05) is 13.1 Å². The van der Waals surface area contributed by atoms with Crippen molar-refractivity contribution >= 4 is 11.6 Å². The summed E-state index contributed by atoms with van der Waals surface area (Å²) in [6.45, 7) is 8.27. The molecule has 0 saturated heterocycles. The van der Waals surface area contributed by atoms with E-state index in [0.717, 1.165) is 31.1 Å². The van der Waals surface area contributed by atoms with Crippen LogP contribution in [0.25, 0.3) is 0 Å². The van der Waals surface area contributed by atoms with Gasteiger partial charge in [-0.15, -0.1) is 0 Å². The van der Waals surface area contributed by atoms with Crippen molar-refractivity contribution in [2.24, 2.45) is 0 Å². The maximum Gasteiger partial charge on any atom is 0.131 e. The van der Waals surface area contributed by atoms with E-state index < -0.39 is 0 Å². The van der Waals surface area contributed by atoms with Crippen molar-refractivity contribution in [1.29, 1.82) is 0 Å². The van der Waals surface area contributed by atoms with Gasteiger partial charge in [0.2, 0.25) is 0 Å². The summed E-state index contributed by atoms with van der Waals surface area (Å²) in [5, 5.41) is 9.86. The quantitative estimate of drug-likeness (QED) is 0.618. The average molecular weight is 251 g/mol. The highest BCUT2D eigenvalue weighted by molar-refractivity contribution is 5.47. The van der Waals surface area contributed by atoms with Crippen LogP contribution in [0.3, 0.4) is 0 Å². The lowest BCUT2D eigenvalue weighted by molar-refractivity contribution is 0.528. The lowest BCUT2D eigenvalue weighted by Crippen LogP contribution is -2.40. The van der Waals surface area contributed by atoms with E-state index in [2.05, 4.69) is 46.7 Å². The monoisotopic (exact) mass is 251 g/mol. The van der Waals surface area contributed by atoms with Crippen molar-refractivity contribution in [2.75, 3.05) is 30.8 Å². The summed E-state index contributed by atoms with van der Waals surface area (Å²) >= 11 is 0. The maximum atomic E-state index is 4.25. The van der Waals surface area contributed by atoms with Crippen LogP contribution < -0.4 is 16.0 Å². The molecule has 0 atom stereocenters. The second-order valence-corrected chi connectivity index (χ2v) is 5.11. The number of rotatable bonds is 8. The summed E-state index contributed by atoms with van der Waals surface area (Å²) in [5.74, 6) is 1.73. The third-order valence-electron chi connectivity index (χ3n) is 2.59. The fraction of sp³-hybridized carbons (Fsp3) is 0.692. The number of likely N-dealkylation sites (N-methyl/N-ethyl adjacent to an activating group) is 1. The molecule has 5 heteroatoms. The van der Waals surface area contributed by atoms with Crippen LogP contribution in [-0.4, -0.2) is 35.6 Å². The van der Waals surface area contributed by atoms with E-state index >= 15 is 0 Å². The van der Waals surface area contributed by atoms with Crippen LogP contribution in [-0.2, 0) is 0 Å². The molecule has 102 valence electrons.